The Bertz CT molecular complexity index is 1340. The highest BCUT2D eigenvalue weighted by molar-refractivity contribution is 5.94. The molecule has 0 saturated heterocycles. The molecule has 6 nitrogen and oxygen atoms in total. The van der Waals surface area contributed by atoms with Crippen LogP contribution in [-0.2, 0) is 13.0 Å². The van der Waals surface area contributed by atoms with Gasteiger partial charge in [0.2, 0.25) is 0 Å². The van der Waals surface area contributed by atoms with Crippen LogP contribution in [0, 0.1) is 5.82 Å². The lowest BCUT2D eigenvalue weighted by Crippen LogP contribution is -2.26. The Labute approximate surface area is 183 Å². The molecule has 1 aliphatic heterocycles. The van der Waals surface area contributed by atoms with E-state index in [9.17, 15) is 19.4 Å². The van der Waals surface area contributed by atoms with Gasteiger partial charge in [-0.15, -0.1) is 0 Å². The zero-order valence-corrected chi connectivity index (χ0v) is 17.1. The van der Waals surface area contributed by atoms with Gasteiger partial charge in [-0.2, -0.15) is 0 Å². The van der Waals surface area contributed by atoms with Gasteiger partial charge in [-0.1, -0.05) is 24.3 Å². The summed E-state index contributed by atoms with van der Waals surface area (Å²) in [4.78, 5) is 23.2. The molecule has 2 N–H and O–H groups in total. The number of carbonyl (C=O) groups is 1. The van der Waals surface area contributed by atoms with Crippen molar-refractivity contribution in [1.82, 2.24) is 9.97 Å². The van der Waals surface area contributed by atoms with Crippen molar-refractivity contribution in [2.24, 2.45) is 0 Å². The fraction of sp³-hybridized carbons (Fsp3) is 0.160. The Hall–Kier alpha value is -3.84. The van der Waals surface area contributed by atoms with Gasteiger partial charge < -0.3 is 15.1 Å². The molecule has 5 rings (SSSR count). The summed E-state index contributed by atoms with van der Waals surface area (Å²) in [7, 11) is 0. The number of carboxylic acids is 1. The number of aliphatic hydroxyl groups excluding tert-OH is 1. The molecule has 0 amide bonds. The Balaban J connectivity index is 1.74. The SMILES string of the molecule is O=C(O)c1ccc2nc(-c3ccc(CO)cc3)c(N3CCCc4cc(F)ccc43)nc2c1. The predicted octanol–water partition coefficient (Wildman–Crippen LogP) is 4.71. The molecule has 0 fully saturated rings. The molecule has 2 heterocycles. The smallest absolute Gasteiger partial charge is 0.335 e. The van der Waals surface area contributed by atoms with Crippen LogP contribution in [-0.4, -0.2) is 32.7 Å². The first-order valence-electron chi connectivity index (χ1n) is 10.3. The van der Waals surface area contributed by atoms with Crippen molar-refractivity contribution in [3.63, 3.8) is 0 Å². The van der Waals surface area contributed by atoms with Crippen LogP contribution in [0.1, 0.15) is 27.9 Å². The Kier molecular flexibility index (Phi) is 5.03. The van der Waals surface area contributed by atoms with Crippen LogP contribution in [0.15, 0.2) is 60.7 Å². The Morgan fingerprint density at radius 3 is 2.56 bits per heavy atom. The van der Waals surface area contributed by atoms with E-state index in [1.807, 2.05) is 29.2 Å². The molecule has 0 spiro atoms. The van der Waals surface area contributed by atoms with Gasteiger partial charge in [0, 0.05) is 17.8 Å². The second kappa shape index (κ2) is 8.01. The van der Waals surface area contributed by atoms with E-state index in [2.05, 4.69) is 0 Å². The van der Waals surface area contributed by atoms with Gasteiger partial charge in [0.1, 0.15) is 11.5 Å². The summed E-state index contributed by atoms with van der Waals surface area (Å²) in [6, 6.07) is 16.8. The zero-order chi connectivity index (χ0) is 22.2. The third kappa shape index (κ3) is 3.56. The van der Waals surface area contributed by atoms with Crippen LogP contribution >= 0.6 is 0 Å². The van der Waals surface area contributed by atoms with E-state index < -0.39 is 5.97 Å². The lowest BCUT2D eigenvalue weighted by Gasteiger charge is -2.31. The van der Waals surface area contributed by atoms with Crippen molar-refractivity contribution in [3.05, 3.63) is 83.2 Å². The fourth-order valence-electron chi connectivity index (χ4n) is 4.11. The van der Waals surface area contributed by atoms with Crippen LogP contribution in [0.2, 0.25) is 0 Å². The fourth-order valence-corrected chi connectivity index (χ4v) is 4.11. The maximum atomic E-state index is 13.8. The van der Waals surface area contributed by atoms with Gasteiger partial charge in [-0.05, 0) is 60.4 Å². The number of aromatic carboxylic acids is 1. The standard InChI is InChI=1S/C25H20FN3O3/c26-19-8-10-22-17(12-19)2-1-11-29(22)24-23(16-5-3-15(14-30)4-6-16)27-20-9-7-18(25(31)32)13-21(20)28-24/h3-10,12-13,30H,1-2,11,14H2,(H,31,32). The van der Waals surface area contributed by atoms with Gasteiger partial charge in [-0.3, -0.25) is 0 Å². The largest absolute Gasteiger partial charge is 0.478 e. The van der Waals surface area contributed by atoms with E-state index in [0.717, 1.165) is 35.2 Å². The van der Waals surface area contributed by atoms with Crippen molar-refractivity contribution < 1.29 is 19.4 Å². The number of halogens is 1. The highest BCUT2D eigenvalue weighted by atomic mass is 19.1. The Morgan fingerprint density at radius 2 is 1.81 bits per heavy atom. The summed E-state index contributed by atoms with van der Waals surface area (Å²) in [6.07, 6.45) is 1.60. The van der Waals surface area contributed by atoms with E-state index >= 15 is 0 Å². The molecule has 3 aromatic carbocycles. The van der Waals surface area contributed by atoms with E-state index in [0.29, 0.717) is 29.1 Å². The van der Waals surface area contributed by atoms with Gasteiger partial charge in [0.05, 0.1) is 23.2 Å². The highest BCUT2D eigenvalue weighted by Gasteiger charge is 2.24. The van der Waals surface area contributed by atoms with Crippen molar-refractivity contribution in [3.8, 4) is 11.3 Å². The number of hydrogen-bond acceptors (Lipinski definition) is 5. The van der Waals surface area contributed by atoms with Gasteiger partial charge in [-0.25, -0.2) is 19.2 Å². The summed E-state index contributed by atoms with van der Waals surface area (Å²) in [5.41, 5.74) is 5.22. The molecule has 0 radical (unpaired) electrons. The average Bonchev–Trinajstić information content (AvgIpc) is 2.82. The zero-order valence-electron chi connectivity index (χ0n) is 17.1. The van der Waals surface area contributed by atoms with Gasteiger partial charge in [0.15, 0.2) is 5.82 Å². The predicted molar refractivity (Wildman–Crippen MR) is 120 cm³/mol. The monoisotopic (exact) mass is 429 g/mol. The minimum absolute atomic E-state index is 0.0560. The second-order valence-electron chi connectivity index (χ2n) is 7.79. The van der Waals surface area contributed by atoms with E-state index in [-0.39, 0.29) is 18.0 Å². The normalized spacial score (nSPS) is 13.2. The molecule has 0 atom stereocenters. The topological polar surface area (TPSA) is 86.5 Å². The first-order valence-corrected chi connectivity index (χ1v) is 10.3. The number of rotatable bonds is 4. The number of anilines is 2. The van der Waals surface area contributed by atoms with Crippen molar-refractivity contribution in [2.75, 3.05) is 11.4 Å². The molecule has 32 heavy (non-hydrogen) atoms. The van der Waals surface area contributed by atoms with Crippen LogP contribution in [0.25, 0.3) is 22.3 Å². The quantitative estimate of drug-likeness (QED) is 0.489. The molecule has 0 bridgehead atoms. The van der Waals surface area contributed by atoms with Crippen LogP contribution in [0.5, 0.6) is 0 Å². The van der Waals surface area contributed by atoms with E-state index in [4.69, 9.17) is 9.97 Å². The summed E-state index contributed by atoms with van der Waals surface area (Å²) < 4.78 is 13.8. The number of nitrogens with zero attached hydrogens (tertiary/aromatic N) is 3. The lowest BCUT2D eigenvalue weighted by atomic mass is 10.0. The number of benzene rings is 3. The van der Waals surface area contributed by atoms with Crippen molar-refractivity contribution >= 4 is 28.5 Å². The molecular weight excluding hydrogens is 409 g/mol. The Morgan fingerprint density at radius 1 is 1.00 bits per heavy atom. The van der Waals surface area contributed by atoms with E-state index in [1.165, 1.54) is 18.2 Å². The summed E-state index contributed by atoms with van der Waals surface area (Å²) >= 11 is 0. The number of aryl methyl sites for hydroxylation is 1. The summed E-state index contributed by atoms with van der Waals surface area (Å²) in [5, 5.41) is 18.8. The molecule has 0 unspecified atom stereocenters. The maximum Gasteiger partial charge on any atom is 0.335 e. The van der Waals surface area contributed by atoms with Crippen LogP contribution in [0.4, 0.5) is 15.9 Å². The first kappa shape index (κ1) is 20.1. The third-order valence-electron chi connectivity index (χ3n) is 5.72. The number of carboxylic acid groups (broad SMARTS) is 1. The lowest BCUT2D eigenvalue weighted by molar-refractivity contribution is 0.0697. The van der Waals surface area contributed by atoms with Crippen molar-refractivity contribution in [2.45, 2.75) is 19.4 Å². The minimum atomic E-state index is -1.03. The molecule has 160 valence electrons. The molecule has 0 saturated carbocycles. The average molecular weight is 429 g/mol. The highest BCUT2D eigenvalue weighted by Crippen LogP contribution is 2.38. The summed E-state index contributed by atoms with van der Waals surface area (Å²) in [5.74, 6) is -0.719. The number of fused-ring (bicyclic) bond motifs is 2. The van der Waals surface area contributed by atoms with Crippen molar-refractivity contribution in [1.29, 1.82) is 0 Å². The first-order chi connectivity index (χ1) is 15.5. The second-order valence-corrected chi connectivity index (χ2v) is 7.79. The molecule has 0 aliphatic carbocycles. The van der Waals surface area contributed by atoms with Crippen LogP contribution in [0.3, 0.4) is 0 Å². The number of aliphatic hydroxyl groups is 1. The van der Waals surface area contributed by atoms with E-state index in [1.54, 1.807) is 18.2 Å². The molecule has 4 aromatic rings. The van der Waals surface area contributed by atoms with Gasteiger partial charge in [0.25, 0.3) is 0 Å². The summed E-state index contributed by atoms with van der Waals surface area (Å²) in [6.45, 7) is 0.624. The number of aromatic nitrogens is 2. The van der Waals surface area contributed by atoms with Gasteiger partial charge >= 0.3 is 5.97 Å². The molecular formula is C25H20FN3O3. The van der Waals surface area contributed by atoms with Crippen LogP contribution < -0.4 is 4.90 Å². The molecule has 7 heteroatoms. The molecule has 1 aliphatic rings. The molecule has 1 aromatic heterocycles. The number of hydrogen-bond donors (Lipinski definition) is 2. The maximum absolute atomic E-state index is 13.8. The minimum Gasteiger partial charge on any atom is -0.478 e. The third-order valence-corrected chi connectivity index (χ3v) is 5.72.